The normalized spacial score (nSPS) is 21.3. The molecule has 22 heavy (non-hydrogen) atoms. The van der Waals surface area contributed by atoms with Crippen LogP contribution in [0.2, 0.25) is 0 Å². The van der Waals surface area contributed by atoms with E-state index in [1.165, 1.54) is 0 Å². The first kappa shape index (κ1) is 16.3. The van der Waals surface area contributed by atoms with Gasteiger partial charge >= 0.3 is 11.8 Å². The summed E-state index contributed by atoms with van der Waals surface area (Å²) in [5.41, 5.74) is -0.636. The summed E-state index contributed by atoms with van der Waals surface area (Å²) in [4.78, 5) is 23.4. The van der Waals surface area contributed by atoms with Crippen molar-refractivity contribution >= 4 is 17.5 Å². The van der Waals surface area contributed by atoms with Gasteiger partial charge in [0.05, 0.1) is 17.8 Å². The number of rotatable bonds is 2. The van der Waals surface area contributed by atoms with Crippen molar-refractivity contribution in [2.75, 3.05) is 5.32 Å². The number of carbonyl (C=O) groups is 2. The maximum Gasteiger partial charge on any atom is 0.313 e. The summed E-state index contributed by atoms with van der Waals surface area (Å²) < 4.78 is 39.2. The minimum atomic E-state index is -1.40. The minimum Gasteiger partial charge on any atom is -0.391 e. The molecule has 1 aromatic carbocycles. The lowest BCUT2D eigenvalue weighted by Gasteiger charge is -2.27. The Hall–Kier alpha value is -2.09. The van der Waals surface area contributed by atoms with Gasteiger partial charge in [-0.15, -0.1) is 0 Å². The monoisotopic (exact) mass is 316 g/mol. The number of nitrogens with one attached hydrogen (secondary N) is 2. The molecule has 2 rings (SSSR count). The predicted octanol–water partition coefficient (Wildman–Crippen LogP) is 1.46. The number of benzene rings is 1. The maximum absolute atomic E-state index is 13.4. The van der Waals surface area contributed by atoms with Gasteiger partial charge in [-0.05, 0) is 12.8 Å². The molecule has 2 amide bonds. The van der Waals surface area contributed by atoms with Crippen molar-refractivity contribution in [3.05, 3.63) is 29.6 Å². The highest BCUT2D eigenvalue weighted by molar-refractivity contribution is 6.39. The second-order valence-corrected chi connectivity index (χ2v) is 5.13. The van der Waals surface area contributed by atoms with E-state index in [1.54, 1.807) is 0 Å². The summed E-state index contributed by atoms with van der Waals surface area (Å²) in [6, 6.07) is 0.167. The van der Waals surface area contributed by atoms with E-state index >= 15 is 0 Å². The molecule has 0 aliphatic heterocycles. The summed E-state index contributed by atoms with van der Waals surface area (Å²) in [7, 11) is 0. The Morgan fingerprint density at radius 3 is 2.32 bits per heavy atom. The van der Waals surface area contributed by atoms with Crippen LogP contribution in [0.1, 0.15) is 25.7 Å². The Morgan fingerprint density at radius 2 is 1.64 bits per heavy atom. The highest BCUT2D eigenvalue weighted by Gasteiger charge is 2.27. The number of aliphatic hydroxyl groups excluding tert-OH is 1. The Kier molecular flexibility index (Phi) is 5.02. The zero-order chi connectivity index (χ0) is 16.3. The zero-order valence-electron chi connectivity index (χ0n) is 11.5. The molecule has 2 atom stereocenters. The summed E-state index contributed by atoms with van der Waals surface area (Å²) in [6.07, 6.45) is 1.94. The molecular formula is C14H15F3N2O3. The lowest BCUT2D eigenvalue weighted by molar-refractivity contribution is -0.137. The van der Waals surface area contributed by atoms with Crippen LogP contribution in [0.3, 0.4) is 0 Å². The van der Waals surface area contributed by atoms with Gasteiger partial charge in [-0.1, -0.05) is 12.8 Å². The van der Waals surface area contributed by atoms with E-state index < -0.39 is 47.1 Å². The second kappa shape index (κ2) is 6.78. The highest BCUT2D eigenvalue weighted by Crippen LogP contribution is 2.19. The molecule has 8 heteroatoms. The first-order valence-electron chi connectivity index (χ1n) is 6.83. The number of hydrogen-bond acceptors (Lipinski definition) is 3. The highest BCUT2D eigenvalue weighted by atomic mass is 19.2. The van der Waals surface area contributed by atoms with Crippen LogP contribution in [-0.4, -0.2) is 29.1 Å². The molecule has 5 nitrogen and oxygen atoms in total. The lowest BCUT2D eigenvalue weighted by atomic mass is 9.92. The molecule has 0 bridgehead atoms. The van der Waals surface area contributed by atoms with E-state index in [9.17, 15) is 27.9 Å². The molecular weight excluding hydrogens is 301 g/mol. The number of carbonyl (C=O) groups excluding carboxylic acids is 2. The second-order valence-electron chi connectivity index (χ2n) is 5.13. The smallest absolute Gasteiger partial charge is 0.313 e. The van der Waals surface area contributed by atoms with E-state index in [-0.39, 0.29) is 6.07 Å². The van der Waals surface area contributed by atoms with Gasteiger partial charge in [0.25, 0.3) is 0 Å². The number of hydrogen-bond donors (Lipinski definition) is 3. The van der Waals surface area contributed by atoms with Crippen LogP contribution < -0.4 is 10.6 Å². The molecule has 0 saturated heterocycles. The first-order valence-corrected chi connectivity index (χ1v) is 6.83. The van der Waals surface area contributed by atoms with Crippen molar-refractivity contribution in [1.82, 2.24) is 5.32 Å². The van der Waals surface area contributed by atoms with E-state index in [4.69, 9.17) is 0 Å². The van der Waals surface area contributed by atoms with E-state index in [2.05, 4.69) is 5.32 Å². The van der Waals surface area contributed by atoms with Gasteiger partial charge in [-0.2, -0.15) is 0 Å². The van der Waals surface area contributed by atoms with Crippen molar-refractivity contribution in [3.8, 4) is 0 Å². The maximum atomic E-state index is 13.4. The van der Waals surface area contributed by atoms with Crippen molar-refractivity contribution in [2.45, 2.75) is 37.8 Å². The summed E-state index contributed by atoms with van der Waals surface area (Å²) in [5, 5.41) is 13.9. The molecule has 1 fully saturated rings. The van der Waals surface area contributed by atoms with Gasteiger partial charge in [-0.3, -0.25) is 9.59 Å². The molecule has 0 heterocycles. The van der Waals surface area contributed by atoms with Crippen LogP contribution in [0.5, 0.6) is 0 Å². The predicted molar refractivity (Wildman–Crippen MR) is 71.4 cm³/mol. The van der Waals surface area contributed by atoms with Crippen molar-refractivity contribution in [3.63, 3.8) is 0 Å². The van der Waals surface area contributed by atoms with Crippen LogP contribution in [0.25, 0.3) is 0 Å². The molecule has 0 radical (unpaired) electrons. The summed E-state index contributed by atoms with van der Waals surface area (Å²) in [6.45, 7) is 0. The van der Waals surface area contributed by atoms with E-state index in [0.717, 1.165) is 12.8 Å². The fourth-order valence-electron chi connectivity index (χ4n) is 2.31. The van der Waals surface area contributed by atoms with Gasteiger partial charge in [0.1, 0.15) is 5.82 Å². The standard InChI is InChI=1S/C14H15F3N2O3/c15-7-5-9(17)11(6-8(7)16)19-14(22)13(21)18-10-3-1-2-4-12(10)20/h5-6,10,12,20H,1-4H2,(H,18,21)(H,19,22). The van der Waals surface area contributed by atoms with Gasteiger partial charge in [0, 0.05) is 12.1 Å². The Bertz CT molecular complexity index is 595. The first-order chi connectivity index (χ1) is 10.4. The van der Waals surface area contributed by atoms with Crippen LogP contribution in [0.4, 0.5) is 18.9 Å². The summed E-state index contributed by atoms with van der Waals surface area (Å²) in [5.74, 6) is -6.24. The van der Waals surface area contributed by atoms with Crippen molar-refractivity contribution < 1.29 is 27.9 Å². The largest absolute Gasteiger partial charge is 0.391 e. The van der Waals surface area contributed by atoms with Crippen LogP contribution in [0.15, 0.2) is 12.1 Å². The number of halogens is 3. The van der Waals surface area contributed by atoms with Crippen LogP contribution in [0, 0.1) is 17.5 Å². The average Bonchev–Trinajstić information content (AvgIpc) is 2.47. The molecule has 1 aromatic rings. The quantitative estimate of drug-likeness (QED) is 0.571. The fourth-order valence-corrected chi connectivity index (χ4v) is 2.31. The van der Waals surface area contributed by atoms with Crippen LogP contribution >= 0.6 is 0 Å². The third kappa shape index (κ3) is 3.76. The van der Waals surface area contributed by atoms with Crippen molar-refractivity contribution in [2.24, 2.45) is 0 Å². The molecule has 1 aliphatic rings. The van der Waals surface area contributed by atoms with E-state index in [1.807, 2.05) is 5.32 Å². The van der Waals surface area contributed by atoms with Crippen LogP contribution in [-0.2, 0) is 9.59 Å². The average molecular weight is 316 g/mol. The Labute approximate surface area is 124 Å². The number of amides is 2. The Morgan fingerprint density at radius 1 is 1.00 bits per heavy atom. The third-order valence-electron chi connectivity index (χ3n) is 3.51. The lowest BCUT2D eigenvalue weighted by Crippen LogP contribution is -2.48. The molecule has 3 N–H and O–H groups in total. The molecule has 2 unspecified atom stereocenters. The molecule has 120 valence electrons. The van der Waals surface area contributed by atoms with Gasteiger partial charge in [-0.25, -0.2) is 13.2 Å². The molecule has 0 aromatic heterocycles. The van der Waals surface area contributed by atoms with Gasteiger partial charge in [0.2, 0.25) is 0 Å². The number of anilines is 1. The minimum absolute atomic E-state index is 0.272. The van der Waals surface area contributed by atoms with Gasteiger partial charge < -0.3 is 15.7 Å². The van der Waals surface area contributed by atoms with Crippen molar-refractivity contribution in [1.29, 1.82) is 0 Å². The molecule has 1 aliphatic carbocycles. The molecule has 0 spiro atoms. The zero-order valence-corrected chi connectivity index (χ0v) is 11.5. The summed E-state index contributed by atoms with van der Waals surface area (Å²) >= 11 is 0. The van der Waals surface area contributed by atoms with E-state index in [0.29, 0.717) is 18.9 Å². The Balaban J connectivity index is 1.99. The fraction of sp³-hybridized carbons (Fsp3) is 0.429. The molecule has 1 saturated carbocycles. The third-order valence-corrected chi connectivity index (χ3v) is 3.51. The van der Waals surface area contributed by atoms with Gasteiger partial charge in [0.15, 0.2) is 11.6 Å². The topological polar surface area (TPSA) is 78.4 Å². The SMILES string of the molecule is O=C(Nc1cc(F)c(F)cc1F)C(=O)NC1CCCCC1O. The number of aliphatic hydroxyl groups is 1.